The third-order valence-corrected chi connectivity index (χ3v) is 5.55. The van der Waals surface area contributed by atoms with Crippen LogP contribution in [-0.2, 0) is 23.9 Å². The van der Waals surface area contributed by atoms with Crippen molar-refractivity contribution in [2.75, 3.05) is 18.5 Å². The molecular formula is C28H35N3O6. The third kappa shape index (κ3) is 9.89. The second-order valence-corrected chi connectivity index (χ2v) is 8.70. The van der Waals surface area contributed by atoms with E-state index in [-0.39, 0.29) is 32.5 Å². The minimum atomic E-state index is -1.20. The number of rotatable bonds is 15. The summed E-state index contributed by atoms with van der Waals surface area (Å²) in [7, 11) is 0. The highest BCUT2D eigenvalue weighted by Gasteiger charge is 2.28. The Labute approximate surface area is 217 Å². The van der Waals surface area contributed by atoms with Crippen LogP contribution in [-0.4, -0.2) is 54.1 Å². The monoisotopic (exact) mass is 509 g/mol. The van der Waals surface area contributed by atoms with E-state index in [4.69, 9.17) is 9.84 Å². The molecule has 0 bridgehead atoms. The molecule has 0 saturated carbocycles. The summed E-state index contributed by atoms with van der Waals surface area (Å²) < 4.78 is 5.23. The van der Waals surface area contributed by atoms with Crippen LogP contribution in [0.5, 0.6) is 0 Å². The predicted molar refractivity (Wildman–Crippen MR) is 143 cm³/mol. The van der Waals surface area contributed by atoms with E-state index in [1.165, 1.54) is 6.08 Å². The van der Waals surface area contributed by atoms with Crippen LogP contribution in [0.4, 0.5) is 5.69 Å². The summed E-state index contributed by atoms with van der Waals surface area (Å²) in [6.07, 6.45) is 3.62. The zero-order valence-corrected chi connectivity index (χ0v) is 21.1. The molecule has 0 radical (unpaired) electrons. The van der Waals surface area contributed by atoms with Crippen molar-refractivity contribution in [2.45, 2.75) is 44.7 Å². The minimum absolute atomic E-state index is 0.0960. The molecule has 0 fully saturated rings. The lowest BCUT2D eigenvalue weighted by atomic mass is 9.99. The van der Waals surface area contributed by atoms with Gasteiger partial charge in [0, 0.05) is 24.6 Å². The fraction of sp³-hybridized carbons (Fsp3) is 0.357. The van der Waals surface area contributed by atoms with E-state index in [0.29, 0.717) is 12.1 Å². The van der Waals surface area contributed by atoms with Crippen LogP contribution in [0.25, 0.3) is 10.8 Å². The van der Waals surface area contributed by atoms with Crippen molar-refractivity contribution in [1.82, 2.24) is 10.6 Å². The van der Waals surface area contributed by atoms with Crippen molar-refractivity contribution in [3.8, 4) is 0 Å². The molecule has 9 nitrogen and oxygen atoms in total. The van der Waals surface area contributed by atoms with Gasteiger partial charge in [-0.15, -0.1) is 13.2 Å². The molecule has 0 aliphatic heterocycles. The lowest BCUT2D eigenvalue weighted by molar-refractivity contribution is -0.146. The molecule has 198 valence electrons. The SMILES string of the molecule is C=CCCC(=O)OC[C@H](NC(=O)[C@@H](CC=C)CC(=O)N[C@H](C)CO)C(=O)Nc1ccc2ccccc2c1. The Hall–Kier alpha value is -3.98. The number of esters is 1. The zero-order valence-electron chi connectivity index (χ0n) is 21.1. The number of benzene rings is 2. The Bertz CT molecular complexity index is 1120. The number of anilines is 1. The molecule has 3 amide bonds. The largest absolute Gasteiger partial charge is 0.463 e. The maximum Gasteiger partial charge on any atom is 0.306 e. The van der Waals surface area contributed by atoms with Gasteiger partial charge >= 0.3 is 5.97 Å². The Morgan fingerprint density at radius 2 is 1.73 bits per heavy atom. The van der Waals surface area contributed by atoms with Gasteiger partial charge in [0.15, 0.2) is 0 Å². The fourth-order valence-electron chi connectivity index (χ4n) is 3.52. The van der Waals surface area contributed by atoms with Gasteiger partial charge in [-0.1, -0.05) is 42.5 Å². The number of aliphatic hydroxyl groups excluding tert-OH is 1. The van der Waals surface area contributed by atoms with Gasteiger partial charge in [-0.25, -0.2) is 0 Å². The van der Waals surface area contributed by atoms with Gasteiger partial charge in [-0.2, -0.15) is 0 Å². The Balaban J connectivity index is 2.16. The average molecular weight is 510 g/mol. The standard InChI is InChI=1S/C28H35N3O6/c1-4-6-12-26(34)37-18-24(28(36)30-23-14-13-20-10-7-8-11-21(20)15-23)31-27(35)22(9-5-2)16-25(33)29-19(3)17-32/h4-5,7-8,10-11,13-15,19,22,24,32H,1-2,6,9,12,16-18H2,3H3,(H,29,33)(H,30,36)(H,31,35)/t19-,22+,24+/m1/s1. The van der Waals surface area contributed by atoms with Gasteiger partial charge in [-0.05, 0) is 42.7 Å². The van der Waals surface area contributed by atoms with E-state index < -0.39 is 41.7 Å². The summed E-state index contributed by atoms with van der Waals surface area (Å²) in [6, 6.07) is 11.4. The highest BCUT2D eigenvalue weighted by Crippen LogP contribution is 2.19. The predicted octanol–water partition coefficient (Wildman–Crippen LogP) is 2.85. The minimum Gasteiger partial charge on any atom is -0.463 e. The number of hydrogen-bond acceptors (Lipinski definition) is 6. The Morgan fingerprint density at radius 3 is 2.41 bits per heavy atom. The molecule has 9 heteroatoms. The van der Waals surface area contributed by atoms with Crippen LogP contribution >= 0.6 is 0 Å². The van der Waals surface area contributed by atoms with Gasteiger partial charge in [-0.3, -0.25) is 19.2 Å². The van der Waals surface area contributed by atoms with Crippen LogP contribution in [0, 0.1) is 5.92 Å². The molecule has 3 atom stereocenters. The van der Waals surface area contributed by atoms with E-state index in [9.17, 15) is 19.2 Å². The first-order valence-corrected chi connectivity index (χ1v) is 12.1. The van der Waals surface area contributed by atoms with Crippen molar-refractivity contribution >= 4 is 40.2 Å². The van der Waals surface area contributed by atoms with Gasteiger partial charge in [0.1, 0.15) is 12.6 Å². The van der Waals surface area contributed by atoms with Gasteiger partial charge < -0.3 is 25.8 Å². The fourth-order valence-corrected chi connectivity index (χ4v) is 3.52. The molecule has 0 saturated heterocycles. The number of hydrogen-bond donors (Lipinski definition) is 4. The van der Waals surface area contributed by atoms with Gasteiger partial charge in [0.25, 0.3) is 5.91 Å². The van der Waals surface area contributed by atoms with Crippen molar-refractivity contribution < 1.29 is 29.0 Å². The van der Waals surface area contributed by atoms with Crippen LogP contribution in [0.1, 0.15) is 32.6 Å². The van der Waals surface area contributed by atoms with E-state index in [0.717, 1.165) is 10.8 Å². The number of fused-ring (bicyclic) bond motifs is 1. The molecule has 4 N–H and O–H groups in total. The summed E-state index contributed by atoms with van der Waals surface area (Å²) in [5.41, 5.74) is 0.515. The van der Waals surface area contributed by atoms with E-state index in [1.807, 2.05) is 30.3 Å². The molecule has 2 aromatic carbocycles. The average Bonchev–Trinajstić information content (AvgIpc) is 2.89. The van der Waals surface area contributed by atoms with Crippen molar-refractivity contribution in [3.05, 3.63) is 67.8 Å². The summed E-state index contributed by atoms with van der Waals surface area (Å²) in [4.78, 5) is 50.5. The van der Waals surface area contributed by atoms with Crippen molar-refractivity contribution in [3.63, 3.8) is 0 Å². The number of ether oxygens (including phenoxy) is 1. The molecule has 0 aliphatic rings. The first-order chi connectivity index (χ1) is 17.8. The molecule has 0 spiro atoms. The maximum atomic E-state index is 13.1. The highest BCUT2D eigenvalue weighted by molar-refractivity contribution is 5.99. The quantitative estimate of drug-likeness (QED) is 0.216. The number of aliphatic hydroxyl groups is 1. The van der Waals surface area contributed by atoms with Crippen LogP contribution in [0.15, 0.2) is 67.8 Å². The molecule has 0 heterocycles. The van der Waals surface area contributed by atoms with Crippen LogP contribution in [0.3, 0.4) is 0 Å². The molecular weight excluding hydrogens is 474 g/mol. The zero-order chi connectivity index (χ0) is 27.2. The molecule has 0 aromatic heterocycles. The molecule has 2 aromatic rings. The molecule has 0 unspecified atom stereocenters. The van der Waals surface area contributed by atoms with Gasteiger partial charge in [0.05, 0.1) is 12.5 Å². The summed E-state index contributed by atoms with van der Waals surface area (Å²) >= 11 is 0. The Kier molecular flexibility index (Phi) is 12.0. The van der Waals surface area contributed by atoms with Crippen LogP contribution in [0.2, 0.25) is 0 Å². The highest BCUT2D eigenvalue weighted by atomic mass is 16.5. The first-order valence-electron chi connectivity index (χ1n) is 12.1. The molecule has 37 heavy (non-hydrogen) atoms. The third-order valence-electron chi connectivity index (χ3n) is 5.55. The smallest absolute Gasteiger partial charge is 0.306 e. The summed E-state index contributed by atoms with van der Waals surface area (Å²) in [5, 5.41) is 19.0. The van der Waals surface area contributed by atoms with Gasteiger partial charge in [0.2, 0.25) is 11.8 Å². The second-order valence-electron chi connectivity index (χ2n) is 8.70. The summed E-state index contributed by atoms with van der Waals surface area (Å²) in [6.45, 7) is 8.22. The van der Waals surface area contributed by atoms with E-state index in [1.54, 1.807) is 25.1 Å². The Morgan fingerprint density at radius 1 is 1.00 bits per heavy atom. The number of amides is 3. The number of carbonyl (C=O) groups excluding carboxylic acids is 4. The van der Waals surface area contributed by atoms with Crippen molar-refractivity contribution in [2.24, 2.45) is 5.92 Å². The first kappa shape index (κ1) is 29.3. The number of allylic oxidation sites excluding steroid dienone is 2. The van der Waals surface area contributed by atoms with Crippen molar-refractivity contribution in [1.29, 1.82) is 0 Å². The van der Waals surface area contributed by atoms with E-state index >= 15 is 0 Å². The van der Waals surface area contributed by atoms with E-state index in [2.05, 4.69) is 29.1 Å². The van der Waals surface area contributed by atoms with Crippen LogP contribution < -0.4 is 16.0 Å². The maximum absolute atomic E-state index is 13.1. The summed E-state index contributed by atoms with van der Waals surface area (Å²) in [5.74, 6) is -2.89. The topological polar surface area (TPSA) is 134 Å². The normalized spacial score (nSPS) is 13.0. The molecule has 0 aliphatic carbocycles. The lowest BCUT2D eigenvalue weighted by Gasteiger charge is -2.22. The molecule has 2 rings (SSSR count). The lowest BCUT2D eigenvalue weighted by Crippen LogP contribution is -2.49. The second kappa shape index (κ2) is 15.2. The number of carbonyl (C=O) groups is 4. The number of nitrogens with one attached hydrogen (secondary N) is 3.